The number of fused-ring (bicyclic) bond motifs is 1. The van der Waals surface area contributed by atoms with Crippen LogP contribution < -0.4 is 10.0 Å². The lowest BCUT2D eigenvalue weighted by Gasteiger charge is -2.19. The second-order valence-corrected chi connectivity index (χ2v) is 5.92. The van der Waals surface area contributed by atoms with E-state index in [0.29, 0.717) is 5.69 Å². The smallest absolute Gasteiger partial charge is 0.232 e. The highest BCUT2D eigenvalue weighted by Crippen LogP contribution is 2.25. The lowest BCUT2D eigenvalue weighted by Crippen LogP contribution is -2.16. The van der Waals surface area contributed by atoms with Gasteiger partial charge in [0.25, 0.3) is 0 Å². The highest BCUT2D eigenvalue weighted by molar-refractivity contribution is 7.92. The predicted molar refractivity (Wildman–Crippen MR) is 66.3 cm³/mol. The second kappa shape index (κ2) is 4.33. The van der Waals surface area contributed by atoms with Crippen LogP contribution in [0.2, 0.25) is 0 Å². The fourth-order valence-electron chi connectivity index (χ4n) is 1.78. The van der Waals surface area contributed by atoms with Crippen LogP contribution in [-0.2, 0) is 16.4 Å². The molecule has 0 fully saturated rings. The second-order valence-electron chi connectivity index (χ2n) is 3.91. The van der Waals surface area contributed by atoms with Crippen molar-refractivity contribution in [2.45, 2.75) is 19.8 Å². The van der Waals surface area contributed by atoms with Crippen molar-refractivity contribution in [3.63, 3.8) is 0 Å². The molecule has 1 aliphatic heterocycles. The summed E-state index contributed by atoms with van der Waals surface area (Å²) >= 11 is 0. The molecule has 0 amide bonds. The molecule has 16 heavy (non-hydrogen) atoms. The van der Waals surface area contributed by atoms with E-state index in [1.165, 1.54) is 5.56 Å². The van der Waals surface area contributed by atoms with Crippen LogP contribution in [0.4, 0.5) is 11.4 Å². The largest absolute Gasteiger partial charge is 0.385 e. The molecule has 0 radical (unpaired) electrons. The standard InChI is InChI=1S/C11H16N2O2S/c1-2-16(14,15)13-10-6-5-9-4-3-7-12-11(9)8-10/h5-6,8,12-13H,2-4,7H2,1H3. The number of hydrogen-bond donors (Lipinski definition) is 2. The Kier molecular flexibility index (Phi) is 3.05. The summed E-state index contributed by atoms with van der Waals surface area (Å²) in [7, 11) is -3.18. The molecule has 1 heterocycles. The van der Waals surface area contributed by atoms with Crippen LogP contribution in [0.3, 0.4) is 0 Å². The van der Waals surface area contributed by atoms with Crippen molar-refractivity contribution in [1.82, 2.24) is 0 Å². The Labute approximate surface area is 96.1 Å². The summed E-state index contributed by atoms with van der Waals surface area (Å²) in [6.07, 6.45) is 2.19. The van der Waals surface area contributed by atoms with Crippen molar-refractivity contribution in [2.75, 3.05) is 22.3 Å². The monoisotopic (exact) mass is 240 g/mol. The Bertz CT molecular complexity index is 483. The van der Waals surface area contributed by atoms with Gasteiger partial charge in [0.2, 0.25) is 10.0 Å². The van der Waals surface area contributed by atoms with Crippen LogP contribution in [0, 0.1) is 0 Å². The average molecular weight is 240 g/mol. The molecular formula is C11H16N2O2S. The normalized spacial score (nSPS) is 15.1. The fourth-order valence-corrected chi connectivity index (χ4v) is 2.41. The highest BCUT2D eigenvalue weighted by atomic mass is 32.2. The van der Waals surface area contributed by atoms with Crippen molar-refractivity contribution in [1.29, 1.82) is 0 Å². The molecule has 0 saturated heterocycles. The Morgan fingerprint density at radius 3 is 3.00 bits per heavy atom. The molecule has 1 aromatic carbocycles. The molecule has 1 aromatic rings. The zero-order chi connectivity index (χ0) is 11.6. The first-order valence-corrected chi connectivity index (χ1v) is 7.13. The predicted octanol–water partition coefficient (Wildman–Crippen LogP) is 1.81. The highest BCUT2D eigenvalue weighted by Gasteiger charge is 2.11. The van der Waals surface area contributed by atoms with Crippen LogP contribution in [-0.4, -0.2) is 20.7 Å². The zero-order valence-corrected chi connectivity index (χ0v) is 10.1. The molecule has 0 saturated carbocycles. The van der Waals surface area contributed by atoms with Crippen molar-refractivity contribution in [3.8, 4) is 0 Å². The number of benzene rings is 1. The summed E-state index contributed by atoms with van der Waals surface area (Å²) < 4.78 is 25.4. The van der Waals surface area contributed by atoms with Gasteiger partial charge in [-0.2, -0.15) is 0 Å². The minimum Gasteiger partial charge on any atom is -0.385 e. The van der Waals surface area contributed by atoms with Crippen molar-refractivity contribution in [3.05, 3.63) is 23.8 Å². The molecule has 5 heteroatoms. The molecule has 0 aromatic heterocycles. The topological polar surface area (TPSA) is 58.2 Å². The van der Waals surface area contributed by atoms with Gasteiger partial charge in [-0.15, -0.1) is 0 Å². The summed E-state index contributed by atoms with van der Waals surface area (Å²) in [4.78, 5) is 0. The third kappa shape index (κ3) is 2.47. The molecule has 0 aliphatic carbocycles. The molecule has 1 aliphatic rings. The van der Waals surface area contributed by atoms with Gasteiger partial charge in [-0.1, -0.05) is 6.07 Å². The van der Waals surface area contributed by atoms with Gasteiger partial charge in [0, 0.05) is 12.2 Å². The third-order valence-electron chi connectivity index (χ3n) is 2.70. The van der Waals surface area contributed by atoms with Gasteiger partial charge < -0.3 is 5.32 Å². The average Bonchev–Trinajstić information content (AvgIpc) is 2.28. The fraction of sp³-hybridized carbons (Fsp3) is 0.455. The van der Waals surface area contributed by atoms with E-state index >= 15 is 0 Å². The summed E-state index contributed by atoms with van der Waals surface area (Å²) in [6, 6.07) is 5.66. The molecule has 88 valence electrons. The number of nitrogens with one attached hydrogen (secondary N) is 2. The van der Waals surface area contributed by atoms with Gasteiger partial charge in [0.1, 0.15) is 0 Å². The molecule has 2 N–H and O–H groups in total. The van der Waals surface area contributed by atoms with Crippen LogP contribution >= 0.6 is 0 Å². The number of anilines is 2. The van der Waals surface area contributed by atoms with Crippen LogP contribution in [0.1, 0.15) is 18.9 Å². The lowest BCUT2D eigenvalue weighted by atomic mass is 10.0. The van der Waals surface area contributed by atoms with Gasteiger partial charge >= 0.3 is 0 Å². The first kappa shape index (κ1) is 11.3. The van der Waals surface area contributed by atoms with Crippen LogP contribution in [0.15, 0.2) is 18.2 Å². The van der Waals surface area contributed by atoms with Gasteiger partial charge in [-0.25, -0.2) is 8.42 Å². The molecule has 0 unspecified atom stereocenters. The minimum atomic E-state index is -3.18. The summed E-state index contributed by atoms with van der Waals surface area (Å²) in [6.45, 7) is 2.58. The number of aryl methyl sites for hydroxylation is 1. The van der Waals surface area contributed by atoms with E-state index in [1.807, 2.05) is 18.2 Å². The summed E-state index contributed by atoms with van der Waals surface area (Å²) in [5.74, 6) is 0.0948. The molecular weight excluding hydrogens is 224 g/mol. The number of sulfonamides is 1. The van der Waals surface area contributed by atoms with Gasteiger partial charge in [-0.05, 0) is 37.5 Å². The van der Waals surface area contributed by atoms with Crippen molar-refractivity contribution in [2.24, 2.45) is 0 Å². The molecule has 0 atom stereocenters. The first-order valence-electron chi connectivity index (χ1n) is 5.48. The van der Waals surface area contributed by atoms with Crippen molar-refractivity contribution >= 4 is 21.4 Å². The molecule has 0 spiro atoms. The van der Waals surface area contributed by atoms with E-state index in [4.69, 9.17) is 0 Å². The first-order chi connectivity index (χ1) is 7.61. The van der Waals surface area contributed by atoms with Crippen LogP contribution in [0.5, 0.6) is 0 Å². The van der Waals surface area contributed by atoms with Gasteiger partial charge in [0.05, 0.1) is 11.4 Å². The van der Waals surface area contributed by atoms with Crippen LogP contribution in [0.25, 0.3) is 0 Å². The lowest BCUT2D eigenvalue weighted by molar-refractivity contribution is 0.602. The Morgan fingerprint density at radius 1 is 1.44 bits per heavy atom. The van der Waals surface area contributed by atoms with E-state index in [9.17, 15) is 8.42 Å². The van der Waals surface area contributed by atoms with E-state index in [2.05, 4.69) is 10.0 Å². The maximum Gasteiger partial charge on any atom is 0.232 e. The molecule has 2 rings (SSSR count). The minimum absolute atomic E-state index is 0.0948. The van der Waals surface area contributed by atoms with E-state index in [0.717, 1.165) is 25.1 Å². The maximum atomic E-state index is 11.4. The van der Waals surface area contributed by atoms with E-state index in [1.54, 1.807) is 6.92 Å². The van der Waals surface area contributed by atoms with E-state index in [-0.39, 0.29) is 5.75 Å². The summed E-state index contributed by atoms with van der Waals surface area (Å²) in [5, 5.41) is 3.27. The zero-order valence-electron chi connectivity index (χ0n) is 9.29. The number of hydrogen-bond acceptors (Lipinski definition) is 3. The molecule has 0 bridgehead atoms. The van der Waals surface area contributed by atoms with E-state index < -0.39 is 10.0 Å². The Balaban J connectivity index is 2.24. The van der Waals surface area contributed by atoms with Gasteiger partial charge in [0.15, 0.2) is 0 Å². The quantitative estimate of drug-likeness (QED) is 0.847. The molecule has 4 nitrogen and oxygen atoms in total. The maximum absolute atomic E-state index is 11.4. The SMILES string of the molecule is CCS(=O)(=O)Nc1ccc2c(c1)NCCC2. The summed E-state index contributed by atoms with van der Waals surface area (Å²) in [5.41, 5.74) is 2.93. The number of rotatable bonds is 3. The Morgan fingerprint density at radius 2 is 2.25 bits per heavy atom. The van der Waals surface area contributed by atoms with Crippen molar-refractivity contribution < 1.29 is 8.42 Å². The third-order valence-corrected chi connectivity index (χ3v) is 4.01. The Hall–Kier alpha value is -1.23. The van der Waals surface area contributed by atoms with Gasteiger partial charge in [-0.3, -0.25) is 4.72 Å².